The Morgan fingerprint density at radius 2 is 1.68 bits per heavy atom. The Bertz CT molecular complexity index is 1280. The average Bonchev–Trinajstić information content (AvgIpc) is 3.24. The summed E-state index contributed by atoms with van der Waals surface area (Å²) in [5, 5.41) is 23.2. The van der Waals surface area contributed by atoms with Gasteiger partial charge in [0, 0.05) is 28.2 Å². The van der Waals surface area contributed by atoms with Crippen molar-refractivity contribution < 1.29 is 19.7 Å². The van der Waals surface area contributed by atoms with Gasteiger partial charge in [0.2, 0.25) is 0 Å². The van der Waals surface area contributed by atoms with Crippen molar-refractivity contribution in [2.75, 3.05) is 7.11 Å². The van der Waals surface area contributed by atoms with Crippen molar-refractivity contribution in [2.24, 2.45) is 5.18 Å². The van der Waals surface area contributed by atoms with Crippen LogP contribution in [0.3, 0.4) is 0 Å². The second kappa shape index (κ2) is 8.11. The molecule has 0 unspecified atom stereocenters. The SMILES string of the molecule is COc1ccc(O)c(-c2cn(-c3ccc(C(=O)N=O)cc3)c(-c3ccccc3O)n2)c1. The summed E-state index contributed by atoms with van der Waals surface area (Å²) in [6.07, 6.45) is 1.70. The van der Waals surface area contributed by atoms with Crippen LogP contribution in [0.4, 0.5) is 0 Å². The number of hydrogen-bond acceptors (Lipinski definition) is 6. The zero-order valence-corrected chi connectivity index (χ0v) is 16.4. The van der Waals surface area contributed by atoms with Gasteiger partial charge in [-0.25, -0.2) is 4.98 Å². The van der Waals surface area contributed by atoms with Crippen molar-refractivity contribution in [3.05, 3.63) is 83.4 Å². The first-order valence-corrected chi connectivity index (χ1v) is 9.25. The average molecular weight is 415 g/mol. The third-order valence-electron chi connectivity index (χ3n) is 4.81. The molecule has 1 amide bonds. The first-order chi connectivity index (χ1) is 15.0. The number of benzene rings is 3. The van der Waals surface area contributed by atoms with Gasteiger partial charge in [-0.1, -0.05) is 12.1 Å². The van der Waals surface area contributed by atoms with E-state index in [2.05, 4.69) is 10.2 Å². The van der Waals surface area contributed by atoms with Crippen molar-refractivity contribution >= 4 is 5.91 Å². The van der Waals surface area contributed by atoms with Gasteiger partial charge in [0.15, 0.2) is 0 Å². The van der Waals surface area contributed by atoms with Crippen LogP contribution in [0.5, 0.6) is 17.2 Å². The molecule has 8 heteroatoms. The fourth-order valence-corrected chi connectivity index (χ4v) is 3.22. The van der Waals surface area contributed by atoms with Gasteiger partial charge in [-0.3, -0.25) is 9.36 Å². The summed E-state index contributed by atoms with van der Waals surface area (Å²) >= 11 is 0. The molecule has 0 saturated heterocycles. The predicted octanol–water partition coefficient (Wildman–Crippen LogP) is 4.53. The van der Waals surface area contributed by atoms with E-state index in [0.29, 0.717) is 34.1 Å². The number of para-hydroxylation sites is 1. The molecular formula is C23H17N3O5. The highest BCUT2D eigenvalue weighted by molar-refractivity contribution is 5.94. The van der Waals surface area contributed by atoms with E-state index in [-0.39, 0.29) is 17.1 Å². The Kier molecular flexibility index (Phi) is 5.19. The Morgan fingerprint density at radius 1 is 0.968 bits per heavy atom. The minimum absolute atomic E-state index is 0.0206. The van der Waals surface area contributed by atoms with E-state index in [1.807, 2.05) is 0 Å². The van der Waals surface area contributed by atoms with Crippen molar-refractivity contribution in [3.8, 4) is 45.6 Å². The van der Waals surface area contributed by atoms with Crippen LogP contribution in [-0.2, 0) is 0 Å². The predicted molar refractivity (Wildman–Crippen MR) is 114 cm³/mol. The normalized spacial score (nSPS) is 10.6. The summed E-state index contributed by atoms with van der Waals surface area (Å²) in [7, 11) is 1.53. The lowest BCUT2D eigenvalue weighted by Crippen LogP contribution is -1.98. The molecule has 0 radical (unpaired) electrons. The number of aromatic nitrogens is 2. The van der Waals surface area contributed by atoms with E-state index in [1.165, 1.54) is 25.3 Å². The monoisotopic (exact) mass is 415 g/mol. The molecule has 8 nitrogen and oxygen atoms in total. The minimum atomic E-state index is -0.861. The van der Waals surface area contributed by atoms with Gasteiger partial charge in [0.1, 0.15) is 23.1 Å². The summed E-state index contributed by atoms with van der Waals surface area (Å²) in [6.45, 7) is 0. The lowest BCUT2D eigenvalue weighted by molar-refractivity contribution is 0.100. The Hall–Kier alpha value is -4.46. The first-order valence-electron chi connectivity index (χ1n) is 9.25. The fourth-order valence-electron chi connectivity index (χ4n) is 3.22. The van der Waals surface area contributed by atoms with E-state index in [4.69, 9.17) is 4.74 Å². The summed E-state index contributed by atoms with van der Waals surface area (Å²) in [4.78, 5) is 26.7. The van der Waals surface area contributed by atoms with Crippen LogP contribution in [0.25, 0.3) is 28.3 Å². The van der Waals surface area contributed by atoms with Crippen molar-refractivity contribution in [3.63, 3.8) is 0 Å². The number of phenolic OH excluding ortho intramolecular Hbond substituents is 2. The van der Waals surface area contributed by atoms with Gasteiger partial charge in [0.25, 0.3) is 0 Å². The van der Waals surface area contributed by atoms with Crippen LogP contribution in [0.2, 0.25) is 0 Å². The maximum Gasteiger partial charge on any atom is 0.316 e. The molecule has 31 heavy (non-hydrogen) atoms. The van der Waals surface area contributed by atoms with Crippen LogP contribution in [0.15, 0.2) is 78.1 Å². The zero-order chi connectivity index (χ0) is 22.0. The Morgan fingerprint density at radius 3 is 2.35 bits per heavy atom. The van der Waals surface area contributed by atoms with E-state index >= 15 is 0 Å². The summed E-state index contributed by atoms with van der Waals surface area (Å²) in [5.41, 5.74) is 2.16. The summed E-state index contributed by atoms with van der Waals surface area (Å²) < 4.78 is 6.97. The smallest absolute Gasteiger partial charge is 0.316 e. The summed E-state index contributed by atoms with van der Waals surface area (Å²) in [5.74, 6) is 0.165. The summed E-state index contributed by atoms with van der Waals surface area (Å²) in [6, 6.07) is 17.8. The number of phenols is 2. The van der Waals surface area contributed by atoms with E-state index in [1.54, 1.807) is 59.3 Å². The van der Waals surface area contributed by atoms with Crippen LogP contribution in [-0.4, -0.2) is 32.8 Å². The molecule has 0 bridgehead atoms. The number of carbonyl (C=O) groups excluding carboxylic acids is 1. The van der Waals surface area contributed by atoms with Crippen LogP contribution in [0, 0.1) is 4.91 Å². The molecule has 154 valence electrons. The number of carbonyl (C=O) groups is 1. The molecule has 1 heterocycles. The van der Waals surface area contributed by atoms with Gasteiger partial charge in [-0.2, -0.15) is 0 Å². The van der Waals surface area contributed by atoms with E-state index < -0.39 is 5.91 Å². The number of amides is 1. The van der Waals surface area contributed by atoms with Crippen molar-refractivity contribution in [2.45, 2.75) is 0 Å². The number of rotatable bonds is 5. The number of imidazole rings is 1. The molecule has 0 aliphatic heterocycles. The van der Waals surface area contributed by atoms with Gasteiger partial charge >= 0.3 is 5.91 Å². The highest BCUT2D eigenvalue weighted by Crippen LogP contribution is 2.36. The number of nitroso groups, excluding NO2 is 1. The molecule has 0 spiro atoms. The van der Waals surface area contributed by atoms with Crippen LogP contribution < -0.4 is 4.74 Å². The maximum absolute atomic E-state index is 11.5. The molecule has 0 fully saturated rings. The van der Waals surface area contributed by atoms with Crippen LogP contribution in [0.1, 0.15) is 10.4 Å². The van der Waals surface area contributed by atoms with Crippen molar-refractivity contribution in [1.82, 2.24) is 9.55 Å². The molecule has 0 atom stereocenters. The fraction of sp³-hybridized carbons (Fsp3) is 0.0435. The lowest BCUT2D eigenvalue weighted by atomic mass is 10.1. The number of nitrogens with zero attached hydrogens (tertiary/aromatic N) is 3. The number of hydrogen-bond donors (Lipinski definition) is 2. The first kappa shape index (κ1) is 19.8. The third kappa shape index (κ3) is 3.74. The molecule has 0 aliphatic rings. The largest absolute Gasteiger partial charge is 0.507 e. The molecule has 2 N–H and O–H groups in total. The van der Waals surface area contributed by atoms with Crippen molar-refractivity contribution in [1.29, 1.82) is 0 Å². The molecule has 4 aromatic rings. The molecule has 1 aromatic heterocycles. The Balaban J connectivity index is 1.91. The van der Waals surface area contributed by atoms with E-state index in [0.717, 1.165) is 0 Å². The maximum atomic E-state index is 11.5. The van der Waals surface area contributed by atoms with E-state index in [9.17, 15) is 19.9 Å². The number of methoxy groups -OCH3 is 1. The number of aromatic hydroxyl groups is 2. The zero-order valence-electron chi connectivity index (χ0n) is 16.4. The second-order valence-electron chi connectivity index (χ2n) is 6.66. The number of ether oxygens (including phenoxy) is 1. The highest BCUT2D eigenvalue weighted by atomic mass is 16.5. The van der Waals surface area contributed by atoms with Gasteiger partial charge in [-0.15, -0.1) is 4.91 Å². The molecule has 0 saturated carbocycles. The van der Waals surface area contributed by atoms with Gasteiger partial charge in [-0.05, 0) is 54.6 Å². The minimum Gasteiger partial charge on any atom is -0.507 e. The van der Waals surface area contributed by atoms with Gasteiger partial charge in [0.05, 0.1) is 18.4 Å². The van der Waals surface area contributed by atoms with Gasteiger partial charge < -0.3 is 14.9 Å². The molecule has 4 rings (SSSR count). The third-order valence-corrected chi connectivity index (χ3v) is 4.81. The standard InChI is InChI=1S/C23H17N3O5/c1-31-16-10-11-21(28)18(12-16)19-13-26(15-8-6-14(7-9-15)23(29)25-30)22(24-19)17-4-2-3-5-20(17)27/h2-13,27-28H,1H3. The molecular weight excluding hydrogens is 398 g/mol. The molecule has 0 aliphatic carbocycles. The highest BCUT2D eigenvalue weighted by Gasteiger charge is 2.18. The topological polar surface area (TPSA) is 114 Å². The molecule has 3 aromatic carbocycles. The lowest BCUT2D eigenvalue weighted by Gasteiger charge is -2.09. The van der Waals surface area contributed by atoms with Crippen LogP contribution >= 0.6 is 0 Å². The Labute approximate surface area is 177 Å². The second-order valence-corrected chi connectivity index (χ2v) is 6.66. The quantitative estimate of drug-likeness (QED) is 0.463.